The molecule has 192 valence electrons. The van der Waals surface area contributed by atoms with Crippen LogP contribution < -0.4 is 0 Å². The summed E-state index contributed by atoms with van der Waals surface area (Å²) in [5.41, 5.74) is -0.0971. The van der Waals surface area contributed by atoms with Gasteiger partial charge in [-0.2, -0.15) is 0 Å². The van der Waals surface area contributed by atoms with E-state index < -0.39 is 11.4 Å². The summed E-state index contributed by atoms with van der Waals surface area (Å²) in [5.74, 6) is 3.16. The third-order valence-corrected chi connectivity index (χ3v) is 13.7. The van der Waals surface area contributed by atoms with E-state index in [0.717, 1.165) is 38.5 Å². The average molecular weight is 471 g/mol. The number of rotatable bonds is 2. The Bertz CT molecular complexity index is 889. The summed E-state index contributed by atoms with van der Waals surface area (Å²) in [6, 6.07) is 0. The summed E-state index contributed by atoms with van der Waals surface area (Å²) in [7, 11) is 0. The smallest absolute Gasteiger partial charge is 0.309 e. The van der Waals surface area contributed by atoms with Gasteiger partial charge in [0.05, 0.1) is 5.41 Å². The topological polar surface area (TPSA) is 54.4 Å². The molecule has 0 aromatic rings. The predicted octanol–water partition coefficient (Wildman–Crippen LogP) is 7.62. The molecule has 9 unspecified atom stereocenters. The number of aliphatic carboxylic acids is 1. The first-order valence-corrected chi connectivity index (χ1v) is 14.4. The molecule has 10 atom stereocenters. The lowest BCUT2D eigenvalue weighted by Gasteiger charge is -2.72. The van der Waals surface area contributed by atoms with Gasteiger partial charge in [0, 0.05) is 11.3 Å². The molecule has 5 rings (SSSR count). The normalized spacial score (nSPS) is 54.1. The monoisotopic (exact) mass is 470 g/mol. The number of Topliss-reactive ketones (excluding diaryl/α,β-unsaturated/α-hetero) is 1. The number of hydrogen-bond acceptors (Lipinski definition) is 2. The number of carboxylic acids is 1. The molecule has 5 saturated carbocycles. The number of fused-ring (bicyclic) bond motifs is 7. The minimum Gasteiger partial charge on any atom is -0.481 e. The Labute approximate surface area is 208 Å². The number of hydrogen-bond donors (Lipinski definition) is 1. The largest absolute Gasteiger partial charge is 0.481 e. The fourth-order valence-corrected chi connectivity index (χ4v) is 12.2. The van der Waals surface area contributed by atoms with Gasteiger partial charge >= 0.3 is 5.97 Å². The van der Waals surface area contributed by atoms with Crippen LogP contribution in [0.25, 0.3) is 0 Å². The number of carbonyl (C=O) groups excluding carboxylic acids is 1. The molecule has 0 amide bonds. The van der Waals surface area contributed by atoms with Crippen molar-refractivity contribution in [1.82, 2.24) is 0 Å². The summed E-state index contributed by atoms with van der Waals surface area (Å²) in [6.45, 7) is 19.0. The molecule has 0 aromatic heterocycles. The third-order valence-electron chi connectivity index (χ3n) is 13.7. The van der Waals surface area contributed by atoms with E-state index in [4.69, 9.17) is 0 Å². The number of carbonyl (C=O) groups is 2. The highest BCUT2D eigenvalue weighted by Crippen LogP contribution is 2.77. The Hall–Kier alpha value is -0.860. The van der Waals surface area contributed by atoms with E-state index in [1.165, 1.54) is 19.3 Å². The van der Waals surface area contributed by atoms with Crippen molar-refractivity contribution in [2.24, 2.45) is 68.5 Å². The van der Waals surface area contributed by atoms with Crippen molar-refractivity contribution < 1.29 is 14.7 Å². The molecule has 0 radical (unpaired) electrons. The summed E-state index contributed by atoms with van der Waals surface area (Å²) >= 11 is 0. The van der Waals surface area contributed by atoms with Crippen molar-refractivity contribution in [2.45, 2.75) is 113 Å². The summed E-state index contributed by atoms with van der Waals surface area (Å²) in [6.07, 6.45) is 9.71. The minimum atomic E-state index is -0.507. The zero-order valence-electron chi connectivity index (χ0n) is 23.2. The highest BCUT2D eigenvalue weighted by molar-refractivity contribution is 5.87. The maximum Gasteiger partial charge on any atom is 0.309 e. The van der Waals surface area contributed by atoms with Crippen molar-refractivity contribution in [3.63, 3.8) is 0 Å². The van der Waals surface area contributed by atoms with Crippen molar-refractivity contribution in [3.8, 4) is 0 Å². The molecule has 5 aliphatic rings. The van der Waals surface area contributed by atoms with Crippen LogP contribution in [0.2, 0.25) is 0 Å². The van der Waals surface area contributed by atoms with Gasteiger partial charge in [0.25, 0.3) is 0 Å². The Balaban J connectivity index is 1.57. The lowest BCUT2D eigenvalue weighted by Crippen LogP contribution is -2.67. The molecule has 3 heteroatoms. The Morgan fingerprint density at radius 2 is 1.56 bits per heavy atom. The van der Waals surface area contributed by atoms with Crippen molar-refractivity contribution in [3.05, 3.63) is 0 Å². The van der Waals surface area contributed by atoms with E-state index in [2.05, 4.69) is 55.4 Å². The van der Waals surface area contributed by atoms with Crippen LogP contribution in [0, 0.1) is 68.5 Å². The van der Waals surface area contributed by atoms with E-state index in [0.29, 0.717) is 41.3 Å². The van der Waals surface area contributed by atoms with Gasteiger partial charge in [0.15, 0.2) is 0 Å². The molecule has 1 N–H and O–H groups in total. The molecule has 0 spiro atoms. The van der Waals surface area contributed by atoms with Gasteiger partial charge < -0.3 is 5.11 Å². The number of ketones is 1. The molecule has 5 fully saturated rings. The van der Waals surface area contributed by atoms with Crippen LogP contribution in [0.5, 0.6) is 0 Å². The summed E-state index contributed by atoms with van der Waals surface area (Å²) in [4.78, 5) is 26.1. The first-order valence-electron chi connectivity index (χ1n) is 14.4. The van der Waals surface area contributed by atoms with E-state index in [9.17, 15) is 14.7 Å². The van der Waals surface area contributed by atoms with Crippen molar-refractivity contribution >= 4 is 11.8 Å². The quantitative estimate of drug-likeness (QED) is 0.451. The second kappa shape index (κ2) is 7.34. The van der Waals surface area contributed by atoms with Crippen LogP contribution in [0.4, 0.5) is 0 Å². The average Bonchev–Trinajstić information content (AvgIpc) is 3.14. The summed E-state index contributed by atoms with van der Waals surface area (Å²) in [5, 5.41) is 10.5. The standard InChI is InChI=1S/C31H50O3/c1-18(2)20-11-14-31(26(33)34)16-15-29(7)21(24(20)31)9-10-23-28(6)17-19(3)25(32)27(4,5)22(28)12-13-30(23,29)8/h18-24H,9-17H2,1-8H3,(H,33,34)/t19?,20?,21?,22?,23?,24?,28?,29-,30?,31?/m1/s1. The maximum absolute atomic E-state index is 13.2. The van der Waals surface area contributed by atoms with Gasteiger partial charge in [-0.15, -0.1) is 0 Å². The van der Waals surface area contributed by atoms with Gasteiger partial charge in [0.1, 0.15) is 5.78 Å². The molecule has 5 aliphatic carbocycles. The first kappa shape index (κ1) is 24.8. The van der Waals surface area contributed by atoms with E-state index >= 15 is 0 Å². The van der Waals surface area contributed by atoms with Crippen molar-refractivity contribution in [1.29, 1.82) is 0 Å². The van der Waals surface area contributed by atoms with E-state index in [1.807, 2.05) is 0 Å². The lowest BCUT2D eigenvalue weighted by molar-refractivity contribution is -0.240. The molecule has 0 aromatic carbocycles. The summed E-state index contributed by atoms with van der Waals surface area (Å²) < 4.78 is 0. The second-order valence-corrected chi connectivity index (χ2v) is 15.3. The van der Waals surface area contributed by atoms with Gasteiger partial charge in [-0.25, -0.2) is 0 Å². The molecule has 0 bridgehead atoms. The lowest BCUT2D eigenvalue weighted by atomic mass is 9.32. The molecule has 0 heterocycles. The van der Waals surface area contributed by atoms with Gasteiger partial charge in [0.2, 0.25) is 0 Å². The van der Waals surface area contributed by atoms with Gasteiger partial charge in [-0.3, -0.25) is 9.59 Å². The third kappa shape index (κ3) is 2.77. The molecule has 3 nitrogen and oxygen atoms in total. The molecule has 0 saturated heterocycles. The van der Waals surface area contributed by atoms with Crippen molar-refractivity contribution in [2.75, 3.05) is 0 Å². The highest BCUT2D eigenvalue weighted by atomic mass is 16.4. The molecular weight excluding hydrogens is 420 g/mol. The Morgan fingerprint density at radius 1 is 0.882 bits per heavy atom. The van der Waals surface area contributed by atoms with Crippen LogP contribution in [0.15, 0.2) is 0 Å². The minimum absolute atomic E-state index is 0.148. The van der Waals surface area contributed by atoms with Crippen LogP contribution >= 0.6 is 0 Å². The first-order chi connectivity index (χ1) is 15.7. The molecule has 34 heavy (non-hydrogen) atoms. The van der Waals surface area contributed by atoms with Gasteiger partial charge in [-0.05, 0) is 110 Å². The fraction of sp³-hybridized carbons (Fsp3) is 0.935. The zero-order chi connectivity index (χ0) is 25.1. The second-order valence-electron chi connectivity index (χ2n) is 15.3. The molecule has 0 aliphatic heterocycles. The highest BCUT2D eigenvalue weighted by Gasteiger charge is 2.72. The van der Waals surface area contributed by atoms with Crippen LogP contribution in [0.3, 0.4) is 0 Å². The Morgan fingerprint density at radius 3 is 2.18 bits per heavy atom. The fourth-order valence-electron chi connectivity index (χ4n) is 12.2. The van der Waals surface area contributed by atoms with Crippen LogP contribution in [-0.4, -0.2) is 16.9 Å². The predicted molar refractivity (Wildman–Crippen MR) is 136 cm³/mol. The van der Waals surface area contributed by atoms with Gasteiger partial charge in [-0.1, -0.05) is 55.4 Å². The Kier molecular flexibility index (Phi) is 5.36. The van der Waals surface area contributed by atoms with E-state index in [1.54, 1.807) is 0 Å². The van der Waals surface area contributed by atoms with Crippen LogP contribution in [0.1, 0.15) is 113 Å². The number of carboxylic acid groups (broad SMARTS) is 1. The maximum atomic E-state index is 13.2. The SMILES string of the molecule is CC1CC2(C)C(CCC3(C)C2CCC2C4C(C(C)C)CCC4(C(=O)O)CC[C@]23C)C(C)(C)C1=O. The zero-order valence-corrected chi connectivity index (χ0v) is 23.2. The van der Waals surface area contributed by atoms with Crippen LogP contribution in [-0.2, 0) is 9.59 Å². The van der Waals surface area contributed by atoms with E-state index in [-0.39, 0.29) is 27.6 Å². The molecular formula is C31H50O3.